The minimum Gasteiger partial charge on any atom is -0.465 e. The maximum absolute atomic E-state index is 12.7. The lowest BCUT2D eigenvalue weighted by atomic mass is 9.84. The van der Waals surface area contributed by atoms with Crippen molar-refractivity contribution in [3.63, 3.8) is 0 Å². The first-order chi connectivity index (χ1) is 7.89. The number of rotatable bonds is 4. The largest absolute Gasteiger partial charge is 0.465 e. The molecule has 0 bridgehead atoms. The highest BCUT2D eigenvalue weighted by Crippen LogP contribution is 2.23. The molecule has 1 aromatic carbocycles. The Morgan fingerprint density at radius 1 is 1.24 bits per heavy atom. The summed E-state index contributed by atoms with van der Waals surface area (Å²) in [7, 11) is 0. The van der Waals surface area contributed by atoms with E-state index in [0.717, 1.165) is 0 Å². The Kier molecular flexibility index (Phi) is 3.99. The van der Waals surface area contributed by atoms with Crippen molar-refractivity contribution in [3.05, 3.63) is 35.6 Å². The standard InChI is InChI=1S/C13H15FO3/c1-4-17-12(16)13(2,3)11(15)9-5-7-10(14)8-6-9/h5-8H,4H2,1-3H3. The third kappa shape index (κ3) is 2.90. The molecule has 3 nitrogen and oxygen atoms in total. The van der Waals surface area contributed by atoms with Gasteiger partial charge in [0.1, 0.15) is 11.2 Å². The predicted octanol–water partition coefficient (Wildman–Crippen LogP) is 2.60. The topological polar surface area (TPSA) is 43.4 Å². The van der Waals surface area contributed by atoms with Gasteiger partial charge in [0.25, 0.3) is 0 Å². The summed E-state index contributed by atoms with van der Waals surface area (Å²) in [5.41, 5.74) is -0.960. The third-order valence-electron chi connectivity index (χ3n) is 2.46. The second kappa shape index (κ2) is 5.08. The van der Waals surface area contributed by atoms with Gasteiger partial charge < -0.3 is 4.74 Å². The molecule has 0 spiro atoms. The van der Waals surface area contributed by atoms with Crippen LogP contribution in [0.15, 0.2) is 24.3 Å². The molecular weight excluding hydrogens is 223 g/mol. The van der Waals surface area contributed by atoms with E-state index in [4.69, 9.17) is 4.74 Å². The second-order valence-electron chi connectivity index (χ2n) is 4.18. The van der Waals surface area contributed by atoms with Crippen LogP contribution in [0.25, 0.3) is 0 Å². The van der Waals surface area contributed by atoms with E-state index in [1.165, 1.54) is 38.1 Å². The Hall–Kier alpha value is -1.71. The number of hydrogen-bond donors (Lipinski definition) is 0. The van der Waals surface area contributed by atoms with Crippen LogP contribution in [0.5, 0.6) is 0 Å². The molecule has 0 saturated heterocycles. The van der Waals surface area contributed by atoms with Gasteiger partial charge in [0.15, 0.2) is 5.78 Å². The van der Waals surface area contributed by atoms with Gasteiger partial charge in [0.05, 0.1) is 6.61 Å². The first-order valence-corrected chi connectivity index (χ1v) is 5.37. The molecule has 1 rings (SSSR count). The van der Waals surface area contributed by atoms with E-state index in [1.54, 1.807) is 6.92 Å². The van der Waals surface area contributed by atoms with Crippen LogP contribution in [0.4, 0.5) is 4.39 Å². The van der Waals surface area contributed by atoms with Crippen LogP contribution in [0.3, 0.4) is 0 Å². The van der Waals surface area contributed by atoms with Crippen molar-refractivity contribution in [1.29, 1.82) is 0 Å². The average molecular weight is 238 g/mol. The van der Waals surface area contributed by atoms with Crippen LogP contribution in [-0.4, -0.2) is 18.4 Å². The Labute approximate surface area is 99.6 Å². The Balaban J connectivity index is 2.95. The van der Waals surface area contributed by atoms with Gasteiger partial charge in [-0.15, -0.1) is 0 Å². The van der Waals surface area contributed by atoms with E-state index in [2.05, 4.69) is 0 Å². The van der Waals surface area contributed by atoms with Crippen molar-refractivity contribution < 1.29 is 18.7 Å². The number of Topliss-reactive ketones (excluding diaryl/α,β-unsaturated/α-hetero) is 1. The van der Waals surface area contributed by atoms with Crippen molar-refractivity contribution in [2.24, 2.45) is 5.41 Å². The van der Waals surface area contributed by atoms with Gasteiger partial charge in [0, 0.05) is 5.56 Å². The zero-order chi connectivity index (χ0) is 13.1. The van der Waals surface area contributed by atoms with E-state index in [1.807, 2.05) is 0 Å². The molecule has 4 heteroatoms. The van der Waals surface area contributed by atoms with Crippen LogP contribution in [-0.2, 0) is 9.53 Å². The monoisotopic (exact) mass is 238 g/mol. The zero-order valence-corrected chi connectivity index (χ0v) is 10.1. The minimum atomic E-state index is -1.26. The highest BCUT2D eigenvalue weighted by molar-refractivity contribution is 6.11. The fourth-order valence-corrected chi connectivity index (χ4v) is 1.37. The molecular formula is C13H15FO3. The van der Waals surface area contributed by atoms with Gasteiger partial charge in [0.2, 0.25) is 0 Å². The average Bonchev–Trinajstić information content (AvgIpc) is 2.29. The Bertz CT molecular complexity index is 421. The Morgan fingerprint density at radius 3 is 2.24 bits per heavy atom. The van der Waals surface area contributed by atoms with E-state index in [0.29, 0.717) is 5.56 Å². The quantitative estimate of drug-likeness (QED) is 0.460. The number of halogens is 1. The summed E-state index contributed by atoms with van der Waals surface area (Å²) < 4.78 is 17.6. The number of ether oxygens (including phenoxy) is 1. The molecule has 0 fully saturated rings. The fraction of sp³-hybridized carbons (Fsp3) is 0.385. The number of esters is 1. The minimum absolute atomic E-state index is 0.221. The first-order valence-electron chi connectivity index (χ1n) is 5.37. The van der Waals surface area contributed by atoms with Crippen molar-refractivity contribution in [3.8, 4) is 0 Å². The van der Waals surface area contributed by atoms with Gasteiger partial charge >= 0.3 is 5.97 Å². The number of hydrogen-bond acceptors (Lipinski definition) is 3. The summed E-state index contributed by atoms with van der Waals surface area (Å²) >= 11 is 0. The van der Waals surface area contributed by atoms with E-state index in [9.17, 15) is 14.0 Å². The molecule has 0 aliphatic carbocycles. The lowest BCUT2D eigenvalue weighted by molar-refractivity contribution is -0.150. The lowest BCUT2D eigenvalue weighted by Crippen LogP contribution is -2.35. The second-order valence-corrected chi connectivity index (χ2v) is 4.18. The van der Waals surface area contributed by atoms with E-state index < -0.39 is 17.2 Å². The molecule has 0 aliphatic rings. The highest BCUT2D eigenvalue weighted by Gasteiger charge is 2.37. The molecule has 92 valence electrons. The summed E-state index contributed by atoms with van der Waals surface area (Å²) in [5.74, 6) is -1.37. The Morgan fingerprint density at radius 2 is 1.76 bits per heavy atom. The number of benzene rings is 1. The molecule has 1 aromatic rings. The summed E-state index contributed by atoms with van der Waals surface area (Å²) in [6.45, 7) is 4.89. The third-order valence-corrected chi connectivity index (χ3v) is 2.46. The molecule has 0 aliphatic heterocycles. The van der Waals surface area contributed by atoms with Crippen molar-refractivity contribution in [2.45, 2.75) is 20.8 Å². The molecule has 0 heterocycles. The van der Waals surface area contributed by atoms with Gasteiger partial charge in [-0.25, -0.2) is 4.39 Å². The van der Waals surface area contributed by atoms with Crippen LogP contribution < -0.4 is 0 Å². The van der Waals surface area contributed by atoms with Crippen molar-refractivity contribution in [2.75, 3.05) is 6.61 Å². The molecule has 0 radical (unpaired) electrons. The van der Waals surface area contributed by atoms with Crippen LogP contribution in [0, 0.1) is 11.2 Å². The number of carbonyl (C=O) groups excluding carboxylic acids is 2. The molecule has 0 amide bonds. The van der Waals surface area contributed by atoms with Gasteiger partial charge in [-0.05, 0) is 45.0 Å². The van der Waals surface area contributed by atoms with Gasteiger partial charge in [-0.3, -0.25) is 9.59 Å². The zero-order valence-electron chi connectivity index (χ0n) is 10.1. The normalized spacial score (nSPS) is 11.1. The number of ketones is 1. The molecule has 0 N–H and O–H groups in total. The smallest absolute Gasteiger partial charge is 0.319 e. The van der Waals surface area contributed by atoms with Crippen molar-refractivity contribution in [1.82, 2.24) is 0 Å². The lowest BCUT2D eigenvalue weighted by Gasteiger charge is -2.20. The van der Waals surface area contributed by atoms with Crippen LogP contribution in [0.2, 0.25) is 0 Å². The van der Waals surface area contributed by atoms with Crippen LogP contribution >= 0.6 is 0 Å². The van der Waals surface area contributed by atoms with E-state index in [-0.39, 0.29) is 12.4 Å². The molecule has 0 saturated carbocycles. The maximum Gasteiger partial charge on any atom is 0.319 e. The molecule has 0 unspecified atom stereocenters. The van der Waals surface area contributed by atoms with Gasteiger partial charge in [-0.1, -0.05) is 0 Å². The first kappa shape index (κ1) is 13.4. The van der Waals surface area contributed by atoms with Crippen LogP contribution in [0.1, 0.15) is 31.1 Å². The van der Waals surface area contributed by atoms with E-state index >= 15 is 0 Å². The number of carbonyl (C=O) groups is 2. The fourth-order valence-electron chi connectivity index (χ4n) is 1.37. The SMILES string of the molecule is CCOC(=O)C(C)(C)C(=O)c1ccc(F)cc1. The summed E-state index contributed by atoms with van der Waals surface area (Å²) in [6.07, 6.45) is 0. The molecule has 0 aromatic heterocycles. The molecule has 0 atom stereocenters. The highest BCUT2D eigenvalue weighted by atomic mass is 19.1. The predicted molar refractivity (Wildman–Crippen MR) is 61.1 cm³/mol. The molecule has 17 heavy (non-hydrogen) atoms. The summed E-state index contributed by atoms with van der Waals surface area (Å²) in [6, 6.07) is 5.10. The van der Waals surface area contributed by atoms with Crippen molar-refractivity contribution >= 4 is 11.8 Å². The maximum atomic E-state index is 12.7. The summed E-state index contributed by atoms with van der Waals surface area (Å²) in [4.78, 5) is 23.7. The summed E-state index contributed by atoms with van der Waals surface area (Å²) in [5, 5.41) is 0. The van der Waals surface area contributed by atoms with Gasteiger partial charge in [-0.2, -0.15) is 0 Å².